The second-order valence-electron chi connectivity index (χ2n) is 4.45. The molecule has 2 rings (SSSR count). The summed E-state index contributed by atoms with van der Waals surface area (Å²) >= 11 is 12.2. The maximum absolute atomic E-state index is 6.08. The highest BCUT2D eigenvalue weighted by atomic mass is 35.5. The van der Waals surface area contributed by atoms with Gasteiger partial charge in [0.2, 0.25) is 0 Å². The quantitative estimate of drug-likeness (QED) is 0.651. The highest BCUT2D eigenvalue weighted by Crippen LogP contribution is 2.31. The zero-order chi connectivity index (χ0) is 13.0. The minimum absolute atomic E-state index is 0.368. The molecule has 0 heterocycles. The second-order valence-corrected chi connectivity index (χ2v) is 5.32. The topological polar surface area (TPSA) is 0 Å². The summed E-state index contributed by atoms with van der Waals surface area (Å²) in [6, 6.07) is 16.2. The van der Waals surface area contributed by atoms with E-state index in [9.17, 15) is 0 Å². The van der Waals surface area contributed by atoms with Crippen LogP contribution in [0.4, 0.5) is 0 Å². The molecule has 0 aromatic heterocycles. The Bertz CT molecular complexity index is 475. The molecule has 0 nitrogen and oxygen atoms in total. The summed E-state index contributed by atoms with van der Waals surface area (Å²) < 4.78 is 0. The van der Waals surface area contributed by atoms with Crippen LogP contribution < -0.4 is 0 Å². The Balaban J connectivity index is 2.39. The van der Waals surface area contributed by atoms with Crippen molar-refractivity contribution in [2.75, 3.05) is 0 Å². The third kappa shape index (κ3) is 3.28. The molecule has 0 aliphatic carbocycles. The van der Waals surface area contributed by atoms with Crippen LogP contribution in [0.1, 0.15) is 36.8 Å². The zero-order valence-electron chi connectivity index (χ0n) is 10.4. The van der Waals surface area contributed by atoms with Gasteiger partial charge >= 0.3 is 0 Å². The first-order chi connectivity index (χ1) is 8.70. The van der Waals surface area contributed by atoms with Crippen molar-refractivity contribution in [3.8, 4) is 0 Å². The van der Waals surface area contributed by atoms with Crippen LogP contribution in [0.15, 0.2) is 48.5 Å². The molecular formula is C16H16Cl2. The molecule has 0 fully saturated rings. The molecule has 0 amide bonds. The Kier molecular flexibility index (Phi) is 4.68. The van der Waals surface area contributed by atoms with Crippen LogP contribution in [0.5, 0.6) is 0 Å². The molecule has 0 aliphatic heterocycles. The molecule has 2 aromatic rings. The van der Waals surface area contributed by atoms with Gasteiger partial charge in [0.25, 0.3) is 0 Å². The van der Waals surface area contributed by atoms with E-state index in [1.54, 1.807) is 0 Å². The van der Waals surface area contributed by atoms with Crippen LogP contribution >= 0.6 is 23.2 Å². The Hall–Kier alpha value is -0.980. The van der Waals surface area contributed by atoms with Crippen molar-refractivity contribution in [2.45, 2.75) is 25.7 Å². The number of hydrogen-bond acceptors (Lipinski definition) is 0. The first-order valence-corrected chi connectivity index (χ1v) is 6.97. The average molecular weight is 279 g/mol. The molecule has 2 aromatic carbocycles. The summed E-state index contributed by atoms with van der Waals surface area (Å²) in [6.07, 6.45) is 2.23. The van der Waals surface area contributed by atoms with Crippen molar-refractivity contribution in [2.24, 2.45) is 0 Å². The minimum Gasteiger partial charge on any atom is -0.0843 e. The van der Waals surface area contributed by atoms with Gasteiger partial charge in [0.1, 0.15) is 0 Å². The molecule has 94 valence electrons. The van der Waals surface area contributed by atoms with Gasteiger partial charge in [0.05, 0.1) is 0 Å². The van der Waals surface area contributed by atoms with E-state index in [0.717, 1.165) is 22.9 Å². The minimum atomic E-state index is 0.368. The maximum atomic E-state index is 6.08. The number of benzene rings is 2. The van der Waals surface area contributed by atoms with Gasteiger partial charge < -0.3 is 0 Å². The predicted molar refractivity (Wildman–Crippen MR) is 79.7 cm³/mol. The van der Waals surface area contributed by atoms with Crippen LogP contribution in [-0.4, -0.2) is 0 Å². The SMILES string of the molecule is CCCC(c1cccc(Cl)c1)c1cccc(Cl)c1. The molecule has 0 bridgehead atoms. The number of rotatable bonds is 4. The van der Waals surface area contributed by atoms with Crippen molar-refractivity contribution in [1.82, 2.24) is 0 Å². The van der Waals surface area contributed by atoms with E-state index in [4.69, 9.17) is 23.2 Å². The standard InChI is InChI=1S/C16H16Cl2/c1-2-5-16(12-6-3-8-14(17)10-12)13-7-4-9-15(18)11-13/h3-4,6-11,16H,2,5H2,1H3. The van der Waals surface area contributed by atoms with Gasteiger partial charge in [0, 0.05) is 16.0 Å². The predicted octanol–water partition coefficient (Wildman–Crippen LogP) is 5.93. The van der Waals surface area contributed by atoms with Gasteiger partial charge in [-0.3, -0.25) is 0 Å². The van der Waals surface area contributed by atoms with E-state index in [2.05, 4.69) is 19.1 Å². The first-order valence-electron chi connectivity index (χ1n) is 6.21. The lowest BCUT2D eigenvalue weighted by Crippen LogP contribution is -2.00. The fourth-order valence-electron chi connectivity index (χ4n) is 2.26. The van der Waals surface area contributed by atoms with Crippen LogP contribution in [0.3, 0.4) is 0 Å². The lowest BCUT2D eigenvalue weighted by atomic mass is 9.88. The van der Waals surface area contributed by atoms with E-state index in [0.29, 0.717) is 5.92 Å². The lowest BCUT2D eigenvalue weighted by molar-refractivity contribution is 0.698. The third-order valence-corrected chi connectivity index (χ3v) is 3.55. The van der Waals surface area contributed by atoms with Gasteiger partial charge in [-0.1, -0.05) is 60.8 Å². The summed E-state index contributed by atoms with van der Waals surface area (Å²) in [6.45, 7) is 2.20. The Morgan fingerprint density at radius 1 is 0.889 bits per heavy atom. The van der Waals surface area contributed by atoms with Crippen molar-refractivity contribution in [3.63, 3.8) is 0 Å². The number of halogens is 2. The van der Waals surface area contributed by atoms with Crippen molar-refractivity contribution in [3.05, 3.63) is 69.7 Å². The van der Waals surface area contributed by atoms with E-state index in [1.807, 2.05) is 36.4 Å². The maximum Gasteiger partial charge on any atom is 0.0408 e. The molecule has 0 saturated heterocycles. The third-order valence-electron chi connectivity index (χ3n) is 3.08. The molecule has 0 unspecified atom stereocenters. The molecule has 0 atom stereocenters. The summed E-state index contributed by atoms with van der Waals surface area (Å²) in [7, 11) is 0. The fourth-order valence-corrected chi connectivity index (χ4v) is 2.66. The van der Waals surface area contributed by atoms with Crippen LogP contribution in [0, 0.1) is 0 Å². The van der Waals surface area contributed by atoms with Crippen molar-refractivity contribution < 1.29 is 0 Å². The molecule has 18 heavy (non-hydrogen) atoms. The molecule has 0 radical (unpaired) electrons. The Morgan fingerprint density at radius 3 is 1.78 bits per heavy atom. The first kappa shape index (κ1) is 13.5. The summed E-state index contributed by atoms with van der Waals surface area (Å²) in [5.41, 5.74) is 2.51. The summed E-state index contributed by atoms with van der Waals surface area (Å²) in [5, 5.41) is 1.58. The second kappa shape index (κ2) is 6.26. The van der Waals surface area contributed by atoms with Gasteiger partial charge in [-0.25, -0.2) is 0 Å². The number of hydrogen-bond donors (Lipinski definition) is 0. The van der Waals surface area contributed by atoms with Crippen LogP contribution in [0.2, 0.25) is 10.0 Å². The van der Waals surface area contributed by atoms with Crippen molar-refractivity contribution >= 4 is 23.2 Å². The molecule has 0 spiro atoms. The van der Waals surface area contributed by atoms with E-state index in [1.165, 1.54) is 11.1 Å². The zero-order valence-corrected chi connectivity index (χ0v) is 11.9. The Labute approximate surface area is 119 Å². The summed E-state index contributed by atoms with van der Waals surface area (Å²) in [4.78, 5) is 0. The van der Waals surface area contributed by atoms with Crippen LogP contribution in [0.25, 0.3) is 0 Å². The van der Waals surface area contributed by atoms with Crippen molar-refractivity contribution in [1.29, 1.82) is 0 Å². The molecule has 2 heteroatoms. The van der Waals surface area contributed by atoms with E-state index < -0.39 is 0 Å². The van der Waals surface area contributed by atoms with Crippen LogP contribution in [-0.2, 0) is 0 Å². The highest BCUT2D eigenvalue weighted by molar-refractivity contribution is 6.31. The normalized spacial score (nSPS) is 10.9. The lowest BCUT2D eigenvalue weighted by Gasteiger charge is -2.17. The Morgan fingerprint density at radius 2 is 1.39 bits per heavy atom. The highest BCUT2D eigenvalue weighted by Gasteiger charge is 2.13. The smallest absolute Gasteiger partial charge is 0.0408 e. The summed E-state index contributed by atoms with van der Waals surface area (Å²) in [5.74, 6) is 0.368. The largest absolute Gasteiger partial charge is 0.0843 e. The molecule has 0 saturated carbocycles. The molecule has 0 N–H and O–H groups in total. The molecule has 0 aliphatic rings. The molecular weight excluding hydrogens is 263 g/mol. The van der Waals surface area contributed by atoms with Gasteiger partial charge in [-0.05, 0) is 41.8 Å². The monoisotopic (exact) mass is 278 g/mol. The van der Waals surface area contributed by atoms with E-state index >= 15 is 0 Å². The van der Waals surface area contributed by atoms with Gasteiger partial charge in [-0.15, -0.1) is 0 Å². The van der Waals surface area contributed by atoms with E-state index in [-0.39, 0.29) is 0 Å². The van der Waals surface area contributed by atoms with Gasteiger partial charge in [-0.2, -0.15) is 0 Å². The fraction of sp³-hybridized carbons (Fsp3) is 0.250. The average Bonchev–Trinajstić information content (AvgIpc) is 2.36. The van der Waals surface area contributed by atoms with Gasteiger partial charge in [0.15, 0.2) is 0 Å².